The Morgan fingerprint density at radius 3 is 2.50 bits per heavy atom. The Kier molecular flexibility index (Phi) is 4.98. The summed E-state index contributed by atoms with van der Waals surface area (Å²) in [4.78, 5) is 0. The molecule has 0 heterocycles. The van der Waals surface area contributed by atoms with E-state index < -0.39 is 10.1 Å². The molecule has 6 heteroatoms. The zero-order valence-corrected chi connectivity index (χ0v) is 6.86. The summed E-state index contributed by atoms with van der Waals surface area (Å²) < 4.78 is 25.4. The number of aliphatic hydroxyl groups is 1. The minimum atomic E-state index is -3.49. The van der Waals surface area contributed by atoms with E-state index in [1.807, 2.05) is 0 Å². The normalized spacial score (nSPS) is 11.8. The van der Waals surface area contributed by atoms with Gasteiger partial charge < -0.3 is 5.11 Å². The molecule has 10 heavy (non-hydrogen) atoms. The number of alkyl halides is 1. The van der Waals surface area contributed by atoms with Crippen molar-refractivity contribution in [2.24, 2.45) is 0 Å². The highest BCUT2D eigenvalue weighted by Crippen LogP contribution is 1.93. The lowest BCUT2D eigenvalue weighted by atomic mass is 10.8. The minimum absolute atomic E-state index is 0.00770. The molecule has 0 unspecified atom stereocenters. The van der Waals surface area contributed by atoms with Crippen LogP contribution in [0.4, 0.5) is 0 Å². The van der Waals surface area contributed by atoms with E-state index in [1.54, 1.807) is 0 Å². The second-order valence-corrected chi connectivity index (χ2v) is 3.63. The van der Waals surface area contributed by atoms with Gasteiger partial charge >= 0.3 is 0 Å². The van der Waals surface area contributed by atoms with Gasteiger partial charge in [0.1, 0.15) is 0 Å². The van der Waals surface area contributed by atoms with Crippen molar-refractivity contribution in [2.75, 3.05) is 24.8 Å². The van der Waals surface area contributed by atoms with E-state index in [4.69, 9.17) is 16.7 Å². The first-order chi connectivity index (χ1) is 4.62. The molecule has 0 saturated heterocycles. The SMILES string of the molecule is O=S(=O)(CCCl)OCCO. The highest BCUT2D eigenvalue weighted by Gasteiger charge is 2.08. The van der Waals surface area contributed by atoms with Crippen LogP contribution in [0.25, 0.3) is 0 Å². The largest absolute Gasteiger partial charge is 0.394 e. The van der Waals surface area contributed by atoms with Crippen molar-refractivity contribution in [1.82, 2.24) is 0 Å². The molecule has 0 atom stereocenters. The Labute approximate surface area is 64.9 Å². The van der Waals surface area contributed by atoms with Gasteiger partial charge in [0.05, 0.1) is 19.0 Å². The van der Waals surface area contributed by atoms with Gasteiger partial charge in [-0.25, -0.2) is 0 Å². The van der Waals surface area contributed by atoms with Crippen LogP contribution >= 0.6 is 11.6 Å². The van der Waals surface area contributed by atoms with Gasteiger partial charge in [0.15, 0.2) is 0 Å². The minimum Gasteiger partial charge on any atom is -0.394 e. The van der Waals surface area contributed by atoms with Crippen LogP contribution in [0.15, 0.2) is 0 Å². The molecule has 0 aliphatic heterocycles. The Balaban J connectivity index is 3.65. The Hall–Kier alpha value is 0.160. The quantitative estimate of drug-likeness (QED) is 0.470. The summed E-state index contributed by atoms with van der Waals surface area (Å²) in [6, 6.07) is 0. The van der Waals surface area contributed by atoms with Gasteiger partial charge in [-0.15, -0.1) is 11.6 Å². The van der Waals surface area contributed by atoms with Crippen molar-refractivity contribution in [2.45, 2.75) is 0 Å². The monoisotopic (exact) mass is 188 g/mol. The average molecular weight is 189 g/mol. The molecule has 0 fully saturated rings. The van der Waals surface area contributed by atoms with Gasteiger partial charge in [0, 0.05) is 5.88 Å². The maximum Gasteiger partial charge on any atom is 0.268 e. The number of hydrogen-bond acceptors (Lipinski definition) is 4. The fourth-order valence-electron chi connectivity index (χ4n) is 0.318. The van der Waals surface area contributed by atoms with Crippen LogP contribution in [0.2, 0.25) is 0 Å². The van der Waals surface area contributed by atoms with Crippen LogP contribution in [-0.2, 0) is 14.3 Å². The fourth-order valence-corrected chi connectivity index (χ4v) is 1.52. The van der Waals surface area contributed by atoms with Gasteiger partial charge in [-0.1, -0.05) is 0 Å². The molecule has 0 aliphatic rings. The number of hydrogen-bond donors (Lipinski definition) is 1. The molecule has 0 aromatic heterocycles. The summed E-state index contributed by atoms with van der Waals surface area (Å²) in [6.07, 6.45) is 0. The summed E-state index contributed by atoms with van der Waals surface area (Å²) in [6.45, 7) is -0.499. The molecule has 0 aromatic carbocycles. The Morgan fingerprint density at radius 2 is 2.10 bits per heavy atom. The van der Waals surface area contributed by atoms with E-state index >= 15 is 0 Å². The van der Waals surface area contributed by atoms with Crippen molar-refractivity contribution >= 4 is 21.7 Å². The van der Waals surface area contributed by atoms with Crippen molar-refractivity contribution in [3.63, 3.8) is 0 Å². The summed E-state index contributed by atoms with van der Waals surface area (Å²) in [5.74, 6) is -0.206. The first-order valence-corrected chi connectivity index (χ1v) is 4.77. The first-order valence-electron chi connectivity index (χ1n) is 2.66. The molecule has 0 radical (unpaired) electrons. The van der Waals surface area contributed by atoms with Crippen LogP contribution in [-0.4, -0.2) is 38.4 Å². The van der Waals surface area contributed by atoms with E-state index in [1.165, 1.54) is 0 Å². The molecule has 0 aromatic rings. The van der Waals surface area contributed by atoms with E-state index in [0.717, 1.165) is 0 Å². The van der Waals surface area contributed by atoms with E-state index in [0.29, 0.717) is 0 Å². The summed E-state index contributed by atoms with van der Waals surface area (Å²) >= 11 is 5.14. The van der Waals surface area contributed by atoms with Crippen molar-refractivity contribution in [3.05, 3.63) is 0 Å². The molecule has 0 rings (SSSR count). The molecule has 0 aliphatic carbocycles. The van der Waals surface area contributed by atoms with Crippen molar-refractivity contribution < 1.29 is 17.7 Å². The van der Waals surface area contributed by atoms with Crippen LogP contribution in [0.3, 0.4) is 0 Å². The summed E-state index contributed by atoms with van der Waals surface area (Å²) in [5, 5.41) is 8.18. The molecular weight excluding hydrogens is 180 g/mol. The van der Waals surface area contributed by atoms with Crippen molar-refractivity contribution in [3.8, 4) is 0 Å². The third-order valence-electron chi connectivity index (χ3n) is 0.681. The zero-order valence-electron chi connectivity index (χ0n) is 5.29. The van der Waals surface area contributed by atoms with Crippen LogP contribution < -0.4 is 0 Å². The smallest absolute Gasteiger partial charge is 0.268 e. The molecule has 0 saturated carbocycles. The molecule has 0 amide bonds. The van der Waals surface area contributed by atoms with E-state index in [2.05, 4.69) is 4.18 Å². The fraction of sp³-hybridized carbons (Fsp3) is 1.00. The molecule has 4 nitrogen and oxygen atoms in total. The van der Waals surface area contributed by atoms with Gasteiger partial charge in [0.25, 0.3) is 10.1 Å². The topological polar surface area (TPSA) is 63.6 Å². The third-order valence-corrected chi connectivity index (χ3v) is 2.32. The highest BCUT2D eigenvalue weighted by atomic mass is 35.5. The van der Waals surface area contributed by atoms with E-state index in [-0.39, 0.29) is 24.8 Å². The highest BCUT2D eigenvalue weighted by molar-refractivity contribution is 7.86. The lowest BCUT2D eigenvalue weighted by Gasteiger charge is -1.99. The van der Waals surface area contributed by atoms with Gasteiger partial charge in [-0.3, -0.25) is 4.18 Å². The van der Waals surface area contributed by atoms with Crippen LogP contribution in [0, 0.1) is 0 Å². The molecule has 1 N–H and O–H groups in total. The maximum absolute atomic E-state index is 10.6. The maximum atomic E-state index is 10.6. The van der Waals surface area contributed by atoms with Gasteiger partial charge in [-0.05, 0) is 0 Å². The Bertz CT molecular complexity index is 164. The summed E-state index contributed by atoms with van der Waals surface area (Å²) in [5.41, 5.74) is 0. The lowest BCUT2D eigenvalue weighted by molar-refractivity contribution is 0.205. The predicted molar refractivity (Wildman–Crippen MR) is 37.5 cm³/mol. The average Bonchev–Trinajstić information content (AvgIpc) is 1.84. The van der Waals surface area contributed by atoms with Gasteiger partial charge in [0.2, 0.25) is 0 Å². The van der Waals surface area contributed by atoms with Crippen LogP contribution in [0.5, 0.6) is 0 Å². The number of halogens is 1. The van der Waals surface area contributed by atoms with Gasteiger partial charge in [-0.2, -0.15) is 8.42 Å². The first kappa shape index (κ1) is 10.2. The standard InChI is InChI=1S/C4H9ClO4S/c5-1-4-10(7,8)9-3-2-6/h6H,1-4H2. The molecule has 0 spiro atoms. The molecule has 62 valence electrons. The lowest BCUT2D eigenvalue weighted by Crippen LogP contribution is -2.13. The number of rotatable bonds is 5. The third kappa shape index (κ3) is 4.99. The van der Waals surface area contributed by atoms with Crippen LogP contribution in [0.1, 0.15) is 0 Å². The number of aliphatic hydroxyl groups excluding tert-OH is 1. The van der Waals surface area contributed by atoms with Crippen molar-refractivity contribution in [1.29, 1.82) is 0 Å². The Morgan fingerprint density at radius 1 is 1.50 bits per heavy atom. The van der Waals surface area contributed by atoms with E-state index in [9.17, 15) is 8.42 Å². The second-order valence-electron chi connectivity index (χ2n) is 1.50. The molecular formula is C4H9ClO4S. The summed E-state index contributed by atoms with van der Waals surface area (Å²) in [7, 11) is -3.49. The predicted octanol–water partition coefficient (Wildman–Crippen LogP) is -0.436. The zero-order chi connectivity index (χ0) is 8.04. The second kappa shape index (κ2) is 4.90. The molecule has 0 bridgehead atoms.